The van der Waals surface area contributed by atoms with Gasteiger partial charge in [0, 0.05) is 12.4 Å². The van der Waals surface area contributed by atoms with Crippen LogP contribution in [0.15, 0.2) is 42.7 Å². The Hall–Kier alpha value is -2.56. The maximum absolute atomic E-state index is 12.1. The van der Waals surface area contributed by atoms with E-state index in [1.165, 1.54) is 0 Å². The van der Waals surface area contributed by atoms with Crippen LogP contribution in [0.2, 0.25) is 0 Å². The van der Waals surface area contributed by atoms with Crippen LogP contribution >= 0.6 is 0 Å². The Balaban J connectivity index is 2.04. The number of hydrogen-bond donors (Lipinski definition) is 2. The van der Waals surface area contributed by atoms with Gasteiger partial charge < -0.3 is 15.4 Å². The van der Waals surface area contributed by atoms with E-state index >= 15 is 0 Å². The van der Waals surface area contributed by atoms with Crippen molar-refractivity contribution in [2.45, 2.75) is 19.9 Å². The molecule has 1 atom stereocenters. The minimum Gasteiger partial charge on any atom is -0.495 e. The zero-order valence-electron chi connectivity index (χ0n) is 12.4. The molecule has 5 heteroatoms. The maximum atomic E-state index is 12.1. The van der Waals surface area contributed by atoms with Crippen molar-refractivity contribution < 1.29 is 9.53 Å². The number of amides is 2. The highest BCUT2D eigenvalue weighted by Crippen LogP contribution is 2.25. The number of ether oxygens (including phenoxy) is 1. The van der Waals surface area contributed by atoms with Crippen molar-refractivity contribution in [1.29, 1.82) is 0 Å². The van der Waals surface area contributed by atoms with Gasteiger partial charge in [0.15, 0.2) is 0 Å². The number of aromatic nitrogens is 1. The van der Waals surface area contributed by atoms with E-state index in [1.807, 2.05) is 44.2 Å². The summed E-state index contributed by atoms with van der Waals surface area (Å²) in [5.74, 6) is 0.629. The van der Waals surface area contributed by atoms with Crippen molar-refractivity contribution in [3.8, 4) is 5.75 Å². The van der Waals surface area contributed by atoms with Crippen molar-refractivity contribution in [1.82, 2.24) is 10.3 Å². The fourth-order valence-corrected chi connectivity index (χ4v) is 1.99. The van der Waals surface area contributed by atoms with E-state index in [9.17, 15) is 4.79 Å². The van der Waals surface area contributed by atoms with Crippen LogP contribution in [0.5, 0.6) is 5.75 Å². The molecule has 1 heterocycles. The molecule has 0 bridgehead atoms. The normalized spacial score (nSPS) is 11.6. The first-order valence-corrected chi connectivity index (χ1v) is 6.72. The lowest BCUT2D eigenvalue weighted by Gasteiger charge is -2.16. The van der Waals surface area contributed by atoms with Crippen molar-refractivity contribution in [2.75, 3.05) is 12.4 Å². The molecule has 0 saturated heterocycles. The predicted octanol–water partition coefficient (Wildman–Crippen LogP) is 3.28. The molecule has 0 spiro atoms. The number of hydrogen-bond acceptors (Lipinski definition) is 3. The van der Waals surface area contributed by atoms with Gasteiger partial charge in [-0.1, -0.05) is 12.1 Å². The Morgan fingerprint density at radius 2 is 2.14 bits per heavy atom. The third-order valence-electron chi connectivity index (χ3n) is 3.14. The molecule has 21 heavy (non-hydrogen) atoms. The molecule has 0 aliphatic carbocycles. The highest BCUT2D eigenvalue weighted by atomic mass is 16.5. The summed E-state index contributed by atoms with van der Waals surface area (Å²) >= 11 is 0. The van der Waals surface area contributed by atoms with Gasteiger partial charge in [-0.25, -0.2) is 4.79 Å². The lowest BCUT2D eigenvalue weighted by molar-refractivity contribution is 0.249. The Morgan fingerprint density at radius 1 is 1.33 bits per heavy atom. The molecule has 110 valence electrons. The monoisotopic (exact) mass is 285 g/mol. The topological polar surface area (TPSA) is 63.2 Å². The van der Waals surface area contributed by atoms with Gasteiger partial charge in [-0.05, 0) is 43.2 Å². The second kappa shape index (κ2) is 6.74. The summed E-state index contributed by atoms with van der Waals surface area (Å²) < 4.78 is 5.24. The van der Waals surface area contributed by atoms with Crippen molar-refractivity contribution in [3.63, 3.8) is 0 Å². The molecule has 2 N–H and O–H groups in total. The van der Waals surface area contributed by atoms with Gasteiger partial charge in [0.05, 0.1) is 18.8 Å². The Labute approximate surface area is 124 Å². The van der Waals surface area contributed by atoms with Crippen molar-refractivity contribution in [2.24, 2.45) is 0 Å². The minimum atomic E-state index is -0.282. The number of urea groups is 1. The Kier molecular flexibility index (Phi) is 4.77. The molecule has 0 fully saturated rings. The van der Waals surface area contributed by atoms with Gasteiger partial charge >= 0.3 is 6.03 Å². The first-order chi connectivity index (χ1) is 10.1. The van der Waals surface area contributed by atoms with Gasteiger partial charge in [-0.2, -0.15) is 0 Å². The van der Waals surface area contributed by atoms with Crippen LogP contribution in [0.4, 0.5) is 10.5 Å². The van der Waals surface area contributed by atoms with Crippen LogP contribution in [0.1, 0.15) is 24.1 Å². The van der Waals surface area contributed by atoms with E-state index in [0.29, 0.717) is 11.4 Å². The number of benzene rings is 1. The molecule has 0 saturated carbocycles. The van der Waals surface area contributed by atoms with Crippen LogP contribution in [-0.2, 0) is 0 Å². The summed E-state index contributed by atoms with van der Waals surface area (Å²) in [6, 6.07) is 8.98. The summed E-state index contributed by atoms with van der Waals surface area (Å²) in [5.41, 5.74) is 2.64. The van der Waals surface area contributed by atoms with Crippen molar-refractivity contribution >= 4 is 11.7 Å². The van der Waals surface area contributed by atoms with E-state index in [0.717, 1.165) is 11.1 Å². The van der Waals surface area contributed by atoms with Crippen LogP contribution in [0, 0.1) is 6.92 Å². The summed E-state index contributed by atoms with van der Waals surface area (Å²) in [6.45, 7) is 3.87. The molecule has 2 aromatic rings. The van der Waals surface area contributed by atoms with Crippen LogP contribution in [0.25, 0.3) is 0 Å². The summed E-state index contributed by atoms with van der Waals surface area (Å²) in [5, 5.41) is 5.68. The van der Waals surface area contributed by atoms with Crippen LogP contribution < -0.4 is 15.4 Å². The molecule has 0 radical (unpaired) electrons. The zero-order valence-corrected chi connectivity index (χ0v) is 12.4. The molecule has 2 amide bonds. The number of carbonyl (C=O) groups is 1. The van der Waals surface area contributed by atoms with Crippen molar-refractivity contribution in [3.05, 3.63) is 53.9 Å². The van der Waals surface area contributed by atoms with Crippen LogP contribution in [-0.4, -0.2) is 18.1 Å². The highest BCUT2D eigenvalue weighted by molar-refractivity contribution is 5.91. The van der Waals surface area contributed by atoms with E-state index in [1.54, 1.807) is 19.5 Å². The van der Waals surface area contributed by atoms with Gasteiger partial charge in [-0.3, -0.25) is 4.98 Å². The third kappa shape index (κ3) is 3.95. The average Bonchev–Trinajstić information content (AvgIpc) is 2.48. The van der Waals surface area contributed by atoms with E-state index < -0.39 is 0 Å². The average molecular weight is 285 g/mol. The van der Waals surface area contributed by atoms with E-state index in [4.69, 9.17) is 4.74 Å². The predicted molar refractivity (Wildman–Crippen MR) is 82.5 cm³/mol. The van der Waals surface area contributed by atoms with Gasteiger partial charge in [0.2, 0.25) is 0 Å². The van der Waals surface area contributed by atoms with E-state index in [2.05, 4.69) is 15.6 Å². The van der Waals surface area contributed by atoms with E-state index in [-0.39, 0.29) is 12.1 Å². The molecule has 1 aromatic carbocycles. The molecule has 1 aromatic heterocycles. The largest absolute Gasteiger partial charge is 0.495 e. The van der Waals surface area contributed by atoms with Gasteiger partial charge in [-0.15, -0.1) is 0 Å². The highest BCUT2D eigenvalue weighted by Gasteiger charge is 2.11. The Bertz CT molecular complexity index is 614. The van der Waals surface area contributed by atoms with Gasteiger partial charge in [0.1, 0.15) is 5.75 Å². The lowest BCUT2D eigenvalue weighted by atomic mass is 10.1. The smallest absolute Gasteiger partial charge is 0.319 e. The molecule has 2 rings (SSSR count). The standard InChI is InChI=1S/C16H19N3O2/c1-11-6-7-15(21-3)14(9-11)19-16(20)18-12(2)13-5-4-8-17-10-13/h4-10,12H,1-3H3,(H2,18,19,20). The number of carbonyl (C=O) groups excluding carboxylic acids is 1. The summed E-state index contributed by atoms with van der Waals surface area (Å²) in [6.07, 6.45) is 3.44. The first-order valence-electron chi connectivity index (χ1n) is 6.72. The first kappa shape index (κ1) is 14.8. The molecule has 0 aliphatic rings. The SMILES string of the molecule is COc1ccc(C)cc1NC(=O)NC(C)c1cccnc1. The number of anilines is 1. The third-order valence-corrected chi connectivity index (χ3v) is 3.14. The number of methoxy groups -OCH3 is 1. The summed E-state index contributed by atoms with van der Waals surface area (Å²) in [7, 11) is 1.58. The number of aryl methyl sites for hydroxylation is 1. The molecular weight excluding hydrogens is 266 g/mol. The fraction of sp³-hybridized carbons (Fsp3) is 0.250. The maximum Gasteiger partial charge on any atom is 0.319 e. The molecule has 0 aliphatic heterocycles. The fourth-order valence-electron chi connectivity index (χ4n) is 1.99. The zero-order chi connectivity index (χ0) is 15.2. The number of rotatable bonds is 4. The summed E-state index contributed by atoms with van der Waals surface area (Å²) in [4.78, 5) is 16.1. The minimum absolute atomic E-state index is 0.130. The number of nitrogens with zero attached hydrogens (tertiary/aromatic N) is 1. The quantitative estimate of drug-likeness (QED) is 0.906. The van der Waals surface area contributed by atoms with Gasteiger partial charge in [0.25, 0.3) is 0 Å². The Morgan fingerprint density at radius 3 is 2.81 bits per heavy atom. The molecule has 1 unspecified atom stereocenters. The molecular formula is C16H19N3O2. The lowest BCUT2D eigenvalue weighted by Crippen LogP contribution is -2.31. The second-order valence-corrected chi connectivity index (χ2v) is 4.81. The number of pyridine rings is 1. The number of nitrogens with one attached hydrogen (secondary N) is 2. The van der Waals surface area contributed by atoms with Crippen LogP contribution in [0.3, 0.4) is 0 Å². The second-order valence-electron chi connectivity index (χ2n) is 4.81. The molecule has 5 nitrogen and oxygen atoms in total.